The molecule has 0 bridgehead atoms. The first-order valence-corrected chi connectivity index (χ1v) is 10.7. The Bertz CT molecular complexity index is 566. The lowest BCUT2D eigenvalue weighted by molar-refractivity contribution is 0.0794. The van der Waals surface area contributed by atoms with E-state index >= 15 is 0 Å². The lowest BCUT2D eigenvalue weighted by atomic mass is 9.96. The minimum atomic E-state index is 0.233. The number of benzene rings is 1. The fourth-order valence-corrected chi connectivity index (χ4v) is 4.27. The summed E-state index contributed by atoms with van der Waals surface area (Å²) in [5, 5.41) is 7.01. The summed E-state index contributed by atoms with van der Waals surface area (Å²) in [5.74, 6) is 0.949. The van der Waals surface area contributed by atoms with Gasteiger partial charge in [-0.25, -0.2) is 0 Å². The van der Waals surface area contributed by atoms with Gasteiger partial charge in [-0.3, -0.25) is 4.99 Å². The molecule has 0 aromatic heterocycles. The fraction of sp³-hybridized carbons (Fsp3) is 0.650. The number of hydrogen-bond donors (Lipinski definition) is 2. The summed E-state index contributed by atoms with van der Waals surface area (Å²) in [6.07, 6.45) is 6.90. The van der Waals surface area contributed by atoms with Crippen LogP contribution in [-0.2, 0) is 10.2 Å². The van der Waals surface area contributed by atoms with Gasteiger partial charge < -0.3 is 15.4 Å². The Balaban J connectivity index is 1.61. The molecule has 138 valence electrons. The topological polar surface area (TPSA) is 45.7 Å². The molecule has 1 saturated heterocycles. The largest absolute Gasteiger partial charge is 0.381 e. The minimum Gasteiger partial charge on any atom is -0.381 e. The predicted octanol–water partition coefficient (Wildman–Crippen LogP) is 3.19. The molecule has 2 aliphatic rings. The summed E-state index contributed by atoms with van der Waals surface area (Å²) in [7, 11) is 0. The molecule has 0 spiro atoms. The van der Waals surface area contributed by atoms with Crippen LogP contribution in [0.3, 0.4) is 0 Å². The molecule has 4 nitrogen and oxygen atoms in total. The molecule has 0 radical (unpaired) electrons. The van der Waals surface area contributed by atoms with E-state index in [4.69, 9.17) is 9.73 Å². The number of ether oxygens (including phenoxy) is 1. The number of guanidine groups is 1. The van der Waals surface area contributed by atoms with Crippen LogP contribution in [-0.4, -0.2) is 49.8 Å². The van der Waals surface area contributed by atoms with Crippen LogP contribution in [0.15, 0.2) is 35.3 Å². The molecule has 0 atom stereocenters. The van der Waals surface area contributed by atoms with Crippen molar-refractivity contribution >= 4 is 17.7 Å². The summed E-state index contributed by atoms with van der Waals surface area (Å²) in [6, 6.07) is 10.9. The average Bonchev–Trinajstić information content (AvgIpc) is 3.47. The SMILES string of the molecule is CCNC(=NCC1(SC)CCOCC1)NCC1(c2ccccc2)CC1. The molecular weight excluding hydrogens is 330 g/mol. The molecule has 0 unspecified atom stereocenters. The lowest BCUT2D eigenvalue weighted by Crippen LogP contribution is -2.43. The first-order valence-electron chi connectivity index (χ1n) is 9.43. The third-order valence-corrected chi connectivity index (χ3v) is 6.94. The summed E-state index contributed by atoms with van der Waals surface area (Å²) in [4.78, 5) is 4.92. The lowest BCUT2D eigenvalue weighted by Gasteiger charge is -2.34. The van der Waals surface area contributed by atoms with E-state index in [1.165, 1.54) is 18.4 Å². The zero-order valence-corrected chi connectivity index (χ0v) is 16.3. The third kappa shape index (κ3) is 4.70. The van der Waals surface area contributed by atoms with Crippen LogP contribution in [0.1, 0.15) is 38.2 Å². The van der Waals surface area contributed by atoms with Crippen molar-refractivity contribution in [3.8, 4) is 0 Å². The number of nitrogens with zero attached hydrogens (tertiary/aromatic N) is 1. The second-order valence-corrected chi connectivity index (χ2v) is 8.47. The maximum absolute atomic E-state index is 5.54. The van der Waals surface area contributed by atoms with E-state index in [-0.39, 0.29) is 4.75 Å². The van der Waals surface area contributed by atoms with E-state index in [9.17, 15) is 0 Å². The van der Waals surface area contributed by atoms with Crippen LogP contribution in [0, 0.1) is 0 Å². The third-order valence-electron chi connectivity index (χ3n) is 5.54. The zero-order valence-electron chi connectivity index (χ0n) is 15.5. The van der Waals surface area contributed by atoms with Crippen LogP contribution >= 0.6 is 11.8 Å². The molecule has 3 rings (SSSR count). The van der Waals surface area contributed by atoms with Gasteiger partial charge in [0.1, 0.15) is 0 Å². The summed E-state index contributed by atoms with van der Waals surface area (Å²) in [6.45, 7) is 6.54. The Morgan fingerprint density at radius 3 is 2.44 bits per heavy atom. The van der Waals surface area contributed by atoms with Crippen LogP contribution in [0.4, 0.5) is 0 Å². The van der Waals surface area contributed by atoms with Crippen molar-refractivity contribution in [3.05, 3.63) is 35.9 Å². The van der Waals surface area contributed by atoms with Gasteiger partial charge in [-0.2, -0.15) is 11.8 Å². The quantitative estimate of drug-likeness (QED) is 0.578. The molecule has 25 heavy (non-hydrogen) atoms. The van der Waals surface area contributed by atoms with Gasteiger partial charge in [0.25, 0.3) is 0 Å². The Morgan fingerprint density at radius 2 is 1.84 bits per heavy atom. The Hall–Kier alpha value is -1.20. The molecule has 1 aromatic rings. The highest BCUT2D eigenvalue weighted by atomic mass is 32.2. The summed E-state index contributed by atoms with van der Waals surface area (Å²) < 4.78 is 5.77. The van der Waals surface area contributed by atoms with Crippen molar-refractivity contribution in [2.24, 2.45) is 4.99 Å². The van der Waals surface area contributed by atoms with E-state index in [1.807, 2.05) is 11.8 Å². The van der Waals surface area contributed by atoms with E-state index in [0.29, 0.717) is 5.41 Å². The van der Waals surface area contributed by atoms with E-state index in [2.05, 4.69) is 54.1 Å². The van der Waals surface area contributed by atoms with Gasteiger partial charge in [-0.05, 0) is 44.4 Å². The molecule has 1 saturated carbocycles. The first-order chi connectivity index (χ1) is 12.2. The maximum Gasteiger partial charge on any atom is 0.191 e. The molecule has 1 aromatic carbocycles. The number of thioether (sulfide) groups is 1. The van der Waals surface area contributed by atoms with Gasteiger partial charge >= 0.3 is 0 Å². The van der Waals surface area contributed by atoms with Gasteiger partial charge in [-0.1, -0.05) is 30.3 Å². The molecule has 2 fully saturated rings. The van der Waals surface area contributed by atoms with Gasteiger partial charge in [0, 0.05) is 36.5 Å². The monoisotopic (exact) mass is 361 g/mol. The van der Waals surface area contributed by atoms with Gasteiger partial charge in [-0.15, -0.1) is 0 Å². The Kier molecular flexibility index (Phi) is 6.29. The Labute approximate surface area is 156 Å². The highest BCUT2D eigenvalue weighted by molar-refractivity contribution is 8.00. The van der Waals surface area contributed by atoms with Crippen LogP contribution in [0.2, 0.25) is 0 Å². The molecule has 1 aliphatic carbocycles. The van der Waals surface area contributed by atoms with Crippen LogP contribution < -0.4 is 10.6 Å². The van der Waals surface area contributed by atoms with Gasteiger partial charge in [0.05, 0.1) is 6.54 Å². The molecule has 5 heteroatoms. The maximum atomic E-state index is 5.54. The van der Waals surface area contributed by atoms with E-state index < -0.39 is 0 Å². The van der Waals surface area contributed by atoms with E-state index in [1.54, 1.807) is 0 Å². The van der Waals surface area contributed by atoms with Crippen molar-refractivity contribution < 1.29 is 4.74 Å². The molecular formula is C20H31N3OS. The number of rotatable bonds is 7. The first kappa shape index (κ1) is 18.6. The van der Waals surface area contributed by atoms with Crippen molar-refractivity contribution in [3.63, 3.8) is 0 Å². The van der Waals surface area contributed by atoms with Gasteiger partial charge in [0.2, 0.25) is 0 Å². The highest BCUT2D eigenvalue weighted by Crippen LogP contribution is 2.47. The molecule has 2 N–H and O–H groups in total. The smallest absolute Gasteiger partial charge is 0.191 e. The second kappa shape index (κ2) is 8.45. The average molecular weight is 362 g/mol. The minimum absolute atomic E-state index is 0.233. The van der Waals surface area contributed by atoms with Crippen molar-refractivity contribution in [2.75, 3.05) is 39.1 Å². The van der Waals surface area contributed by atoms with Crippen LogP contribution in [0.5, 0.6) is 0 Å². The number of nitrogens with one attached hydrogen (secondary N) is 2. The van der Waals surface area contributed by atoms with Crippen molar-refractivity contribution in [1.82, 2.24) is 10.6 Å². The molecule has 1 heterocycles. The molecule has 0 amide bonds. The Morgan fingerprint density at radius 1 is 1.12 bits per heavy atom. The number of hydrogen-bond acceptors (Lipinski definition) is 3. The predicted molar refractivity (Wildman–Crippen MR) is 108 cm³/mol. The second-order valence-electron chi connectivity index (χ2n) is 7.19. The van der Waals surface area contributed by atoms with Crippen molar-refractivity contribution in [1.29, 1.82) is 0 Å². The zero-order chi connectivity index (χ0) is 17.6. The van der Waals surface area contributed by atoms with Gasteiger partial charge in [0.15, 0.2) is 5.96 Å². The van der Waals surface area contributed by atoms with E-state index in [0.717, 1.165) is 51.6 Å². The normalized spacial score (nSPS) is 21.6. The van der Waals surface area contributed by atoms with Crippen molar-refractivity contribution in [2.45, 2.75) is 42.8 Å². The van der Waals surface area contributed by atoms with Crippen LogP contribution in [0.25, 0.3) is 0 Å². The summed E-state index contributed by atoms with van der Waals surface area (Å²) in [5.41, 5.74) is 1.75. The highest BCUT2D eigenvalue weighted by Gasteiger charge is 2.44. The summed E-state index contributed by atoms with van der Waals surface area (Å²) >= 11 is 1.94. The standard InChI is InChI=1S/C20H31N3OS/c1-3-21-18(23-16-20(25-2)11-13-24-14-12-20)22-15-19(9-10-19)17-7-5-4-6-8-17/h4-8H,3,9-16H2,1-2H3,(H2,21,22,23). The fourth-order valence-electron chi connectivity index (χ4n) is 3.50. The molecule has 1 aliphatic heterocycles. The number of aliphatic imine (C=N–C) groups is 1.